The zero-order valence-electron chi connectivity index (χ0n) is 10.5. The molecule has 0 bridgehead atoms. The van der Waals surface area contributed by atoms with Crippen LogP contribution in [0.25, 0.3) is 0 Å². The van der Waals surface area contributed by atoms with E-state index < -0.39 is 0 Å². The molecule has 3 nitrogen and oxygen atoms in total. The molecule has 2 aromatic rings. The van der Waals surface area contributed by atoms with Crippen LogP contribution in [0, 0.1) is 19.1 Å². The summed E-state index contributed by atoms with van der Waals surface area (Å²) in [7, 11) is 0. The van der Waals surface area contributed by atoms with Gasteiger partial charge in [-0.3, -0.25) is 0 Å². The van der Waals surface area contributed by atoms with Gasteiger partial charge in [-0.1, -0.05) is 48.9 Å². The number of nitrogens with zero attached hydrogens (tertiary/aromatic N) is 2. The van der Waals surface area contributed by atoms with E-state index in [-0.39, 0.29) is 0 Å². The molecule has 0 radical (unpaired) electrons. The van der Waals surface area contributed by atoms with E-state index in [9.17, 15) is 5.21 Å². The first-order chi connectivity index (χ1) is 8.97. The highest BCUT2D eigenvalue weighted by molar-refractivity contribution is 9.10. The third-order valence-electron chi connectivity index (χ3n) is 2.74. The van der Waals surface area contributed by atoms with Crippen LogP contribution in [0.15, 0.2) is 50.5 Å². The van der Waals surface area contributed by atoms with Gasteiger partial charge in [0.05, 0.1) is 0 Å². The molecule has 0 fully saturated rings. The third-order valence-corrected chi connectivity index (χ3v) is 4.45. The van der Waals surface area contributed by atoms with Gasteiger partial charge < -0.3 is 5.21 Å². The average molecular weight is 384 g/mol. The Kier molecular flexibility index (Phi) is 4.37. The largest absolute Gasteiger partial charge is 0.594 e. The molecule has 2 rings (SSSR count). The highest BCUT2D eigenvalue weighted by atomic mass is 79.9. The quantitative estimate of drug-likeness (QED) is 0.369. The van der Waals surface area contributed by atoms with Gasteiger partial charge >= 0.3 is 0 Å². The van der Waals surface area contributed by atoms with Crippen LogP contribution in [-0.2, 0) is 0 Å². The summed E-state index contributed by atoms with van der Waals surface area (Å²) in [5.74, 6) is 0. The molecule has 0 saturated carbocycles. The second kappa shape index (κ2) is 5.84. The van der Waals surface area contributed by atoms with Crippen molar-refractivity contribution in [2.24, 2.45) is 5.11 Å². The van der Waals surface area contributed by atoms with Crippen LogP contribution in [0.2, 0.25) is 0 Å². The molecule has 0 atom stereocenters. The van der Waals surface area contributed by atoms with Crippen LogP contribution in [-0.4, -0.2) is 4.86 Å². The Morgan fingerprint density at radius 2 is 1.53 bits per heavy atom. The molecular weight excluding hydrogens is 372 g/mol. The number of benzene rings is 2. The normalized spacial score (nSPS) is 11.7. The smallest absolute Gasteiger partial charge is 0.246 e. The van der Waals surface area contributed by atoms with Crippen molar-refractivity contribution in [1.82, 2.24) is 0 Å². The summed E-state index contributed by atoms with van der Waals surface area (Å²) in [5.41, 5.74) is 3.29. The summed E-state index contributed by atoms with van der Waals surface area (Å²) in [6.45, 7) is 3.96. The van der Waals surface area contributed by atoms with E-state index in [1.807, 2.05) is 38.1 Å². The minimum absolute atomic E-state index is 0.495. The molecule has 0 amide bonds. The minimum Gasteiger partial charge on any atom is -0.594 e. The third kappa shape index (κ3) is 3.42. The molecule has 0 N–H and O–H groups in total. The molecule has 0 aliphatic heterocycles. The topological polar surface area (TPSA) is 38.4 Å². The van der Waals surface area contributed by atoms with Gasteiger partial charge in [-0.05, 0) is 37.1 Å². The Morgan fingerprint density at radius 3 is 2.11 bits per heavy atom. The maximum atomic E-state index is 12.0. The lowest BCUT2D eigenvalue weighted by atomic mass is 10.2. The first-order valence-electron chi connectivity index (χ1n) is 5.68. The van der Waals surface area contributed by atoms with Gasteiger partial charge in [0.1, 0.15) is 5.69 Å². The van der Waals surface area contributed by atoms with Gasteiger partial charge in [0.2, 0.25) is 5.69 Å². The number of azo groups is 1. The van der Waals surface area contributed by atoms with Crippen molar-refractivity contribution >= 4 is 43.2 Å². The van der Waals surface area contributed by atoms with Crippen molar-refractivity contribution in [2.75, 3.05) is 0 Å². The second-order valence-electron chi connectivity index (χ2n) is 4.24. The Labute approximate surface area is 128 Å². The Bertz CT molecular complexity index is 654. The van der Waals surface area contributed by atoms with Crippen molar-refractivity contribution in [3.63, 3.8) is 0 Å². The molecule has 5 heteroatoms. The lowest BCUT2D eigenvalue weighted by molar-refractivity contribution is -0.435. The monoisotopic (exact) mass is 382 g/mol. The van der Waals surface area contributed by atoms with Crippen LogP contribution in [0.5, 0.6) is 0 Å². The summed E-state index contributed by atoms with van der Waals surface area (Å²) in [6.07, 6.45) is 0. The number of hydrogen-bond acceptors (Lipinski definition) is 2. The SMILES string of the molecule is Cc1ccc(N=[N+]([O-])c2ccc(C)c(Br)c2)cc1Br. The van der Waals surface area contributed by atoms with Crippen molar-refractivity contribution in [2.45, 2.75) is 13.8 Å². The molecule has 0 saturated heterocycles. The lowest BCUT2D eigenvalue weighted by Gasteiger charge is -2.03. The van der Waals surface area contributed by atoms with E-state index in [0.717, 1.165) is 20.1 Å². The number of halogens is 2. The summed E-state index contributed by atoms with van der Waals surface area (Å²) in [4.78, 5) is 0.626. The number of rotatable bonds is 2. The van der Waals surface area contributed by atoms with E-state index in [1.54, 1.807) is 12.1 Å². The number of aryl methyl sites for hydroxylation is 2. The van der Waals surface area contributed by atoms with Gasteiger partial charge in [-0.25, -0.2) is 0 Å². The molecule has 0 unspecified atom stereocenters. The van der Waals surface area contributed by atoms with E-state index in [0.29, 0.717) is 16.2 Å². The van der Waals surface area contributed by atoms with E-state index >= 15 is 0 Å². The molecule has 0 aliphatic carbocycles. The molecule has 2 aromatic carbocycles. The molecule has 98 valence electrons. The maximum Gasteiger partial charge on any atom is 0.246 e. The summed E-state index contributed by atoms with van der Waals surface area (Å²) < 4.78 is 1.83. The van der Waals surface area contributed by atoms with Crippen LogP contribution < -0.4 is 0 Å². The summed E-state index contributed by atoms with van der Waals surface area (Å²) in [6, 6.07) is 10.9. The van der Waals surface area contributed by atoms with E-state index in [2.05, 4.69) is 37.0 Å². The fourth-order valence-electron chi connectivity index (χ4n) is 1.51. The Hall–Kier alpha value is -1.20. The fourth-order valence-corrected chi connectivity index (χ4v) is 2.24. The molecular formula is C14H12Br2N2O. The zero-order chi connectivity index (χ0) is 14.0. The first kappa shape index (κ1) is 14.2. The maximum absolute atomic E-state index is 12.0. The first-order valence-corrected chi connectivity index (χ1v) is 7.27. The van der Waals surface area contributed by atoms with Crippen LogP contribution in [0.4, 0.5) is 11.4 Å². The standard InChI is InChI=1S/C14H12Br2N2O/c1-9-3-5-11(7-13(9)15)17-18(19)12-6-4-10(2)14(16)8-12/h3-8H,1-2H3. The van der Waals surface area contributed by atoms with Crippen molar-refractivity contribution in [3.8, 4) is 0 Å². The van der Waals surface area contributed by atoms with Crippen LogP contribution >= 0.6 is 31.9 Å². The molecule has 19 heavy (non-hydrogen) atoms. The highest BCUT2D eigenvalue weighted by Gasteiger charge is 2.07. The summed E-state index contributed by atoms with van der Waals surface area (Å²) in [5, 5.41) is 16.0. The molecule has 0 heterocycles. The van der Waals surface area contributed by atoms with Gasteiger partial charge in [-0.2, -0.15) is 0 Å². The van der Waals surface area contributed by atoms with Gasteiger partial charge in [0.25, 0.3) is 0 Å². The van der Waals surface area contributed by atoms with Gasteiger partial charge in [0, 0.05) is 26.2 Å². The lowest BCUT2D eigenvalue weighted by Crippen LogP contribution is -1.91. The van der Waals surface area contributed by atoms with Crippen LogP contribution in [0.1, 0.15) is 11.1 Å². The summed E-state index contributed by atoms with van der Waals surface area (Å²) >= 11 is 6.83. The van der Waals surface area contributed by atoms with Gasteiger partial charge in [0.15, 0.2) is 0 Å². The minimum atomic E-state index is 0.495. The Morgan fingerprint density at radius 1 is 0.947 bits per heavy atom. The molecule has 0 aromatic heterocycles. The molecule has 0 spiro atoms. The highest BCUT2D eigenvalue weighted by Crippen LogP contribution is 2.26. The molecule has 0 aliphatic rings. The van der Waals surface area contributed by atoms with Crippen LogP contribution in [0.3, 0.4) is 0 Å². The Balaban J connectivity index is 2.36. The van der Waals surface area contributed by atoms with E-state index in [1.165, 1.54) is 0 Å². The number of hydrogen-bond donors (Lipinski definition) is 0. The van der Waals surface area contributed by atoms with Gasteiger partial charge in [-0.15, -0.1) is 0 Å². The van der Waals surface area contributed by atoms with Crippen molar-refractivity contribution in [1.29, 1.82) is 0 Å². The predicted octanol–water partition coefficient (Wildman–Crippen LogP) is 5.75. The zero-order valence-corrected chi connectivity index (χ0v) is 13.7. The fraction of sp³-hybridized carbons (Fsp3) is 0.143. The average Bonchev–Trinajstić information content (AvgIpc) is 2.37. The van der Waals surface area contributed by atoms with E-state index in [4.69, 9.17) is 0 Å². The predicted molar refractivity (Wildman–Crippen MR) is 83.1 cm³/mol. The second-order valence-corrected chi connectivity index (χ2v) is 5.95. The van der Waals surface area contributed by atoms with Crippen molar-refractivity contribution < 1.29 is 4.86 Å². The van der Waals surface area contributed by atoms with Crippen molar-refractivity contribution in [3.05, 3.63) is 61.7 Å².